The van der Waals surface area contributed by atoms with Gasteiger partial charge in [-0.1, -0.05) is 23.3 Å². The summed E-state index contributed by atoms with van der Waals surface area (Å²) < 4.78 is 22.5. The summed E-state index contributed by atoms with van der Waals surface area (Å²) in [7, 11) is 0. The second-order valence-corrected chi connectivity index (χ2v) is 8.67. The summed E-state index contributed by atoms with van der Waals surface area (Å²) >= 11 is 0. The highest BCUT2D eigenvalue weighted by molar-refractivity contribution is 5.90. The van der Waals surface area contributed by atoms with Gasteiger partial charge in [-0.05, 0) is 72.6 Å². The summed E-state index contributed by atoms with van der Waals surface area (Å²) in [6.07, 6.45) is 6.00. The number of ether oxygens (including phenoxy) is 3. The van der Waals surface area contributed by atoms with Gasteiger partial charge >= 0.3 is 11.6 Å². The van der Waals surface area contributed by atoms with E-state index in [9.17, 15) is 9.59 Å². The number of rotatable bonds is 8. The van der Waals surface area contributed by atoms with Crippen LogP contribution < -0.4 is 19.8 Å². The van der Waals surface area contributed by atoms with Gasteiger partial charge in [-0.15, -0.1) is 0 Å². The molecular weight excluding hydrogens is 396 g/mol. The second-order valence-electron chi connectivity index (χ2n) is 8.67. The molecule has 0 radical (unpaired) electrons. The molecule has 0 spiro atoms. The van der Waals surface area contributed by atoms with Crippen LogP contribution in [-0.2, 0) is 4.79 Å². The van der Waals surface area contributed by atoms with Gasteiger partial charge in [-0.2, -0.15) is 0 Å². The normalized spacial score (nSPS) is 11.9. The van der Waals surface area contributed by atoms with Crippen molar-refractivity contribution in [2.75, 3.05) is 6.61 Å². The lowest BCUT2D eigenvalue weighted by atomic mass is 10.1. The highest BCUT2D eigenvalue weighted by Crippen LogP contribution is 2.38. The van der Waals surface area contributed by atoms with Crippen LogP contribution in [0.1, 0.15) is 61.3 Å². The lowest BCUT2D eigenvalue weighted by Gasteiger charge is -2.22. The third-order valence-electron chi connectivity index (χ3n) is 4.22. The van der Waals surface area contributed by atoms with Crippen molar-refractivity contribution in [3.63, 3.8) is 0 Å². The minimum Gasteiger partial charge on any atom is -0.485 e. The van der Waals surface area contributed by atoms with Crippen LogP contribution in [0.2, 0.25) is 0 Å². The zero-order chi connectivity index (χ0) is 23.2. The number of hydrogen-bond donors (Lipinski definition) is 0. The molecule has 0 aliphatic heterocycles. The van der Waals surface area contributed by atoms with Gasteiger partial charge in [0.25, 0.3) is 5.75 Å². The van der Waals surface area contributed by atoms with E-state index in [4.69, 9.17) is 18.6 Å². The van der Waals surface area contributed by atoms with Gasteiger partial charge in [0.05, 0.1) is 5.39 Å². The van der Waals surface area contributed by atoms with Gasteiger partial charge in [0.15, 0.2) is 17.1 Å². The van der Waals surface area contributed by atoms with E-state index >= 15 is 0 Å². The summed E-state index contributed by atoms with van der Waals surface area (Å²) in [4.78, 5) is 24.2. The summed E-state index contributed by atoms with van der Waals surface area (Å²) in [5.74, 6) is -0.320. The summed E-state index contributed by atoms with van der Waals surface area (Å²) in [5, 5.41) is 0.494. The monoisotopic (exact) mass is 428 g/mol. The molecule has 0 amide bonds. The van der Waals surface area contributed by atoms with Crippen LogP contribution in [0.15, 0.2) is 50.7 Å². The van der Waals surface area contributed by atoms with Crippen molar-refractivity contribution in [3.05, 3.63) is 51.9 Å². The highest BCUT2D eigenvalue weighted by Gasteiger charge is 2.23. The first-order chi connectivity index (χ1) is 14.5. The number of esters is 1. The number of carbonyl (C=O) groups is 1. The molecule has 0 saturated heterocycles. The SMILES string of the molecule is CC(=O)Oc1c(OC/C=C(\C)CCC=C(C)C)c2cccc(OC(C)(C)C)c2oc1=O. The first-order valence-electron chi connectivity index (χ1n) is 10.4. The van der Waals surface area contributed by atoms with Crippen molar-refractivity contribution in [2.45, 2.75) is 66.9 Å². The molecule has 0 aliphatic carbocycles. The molecule has 168 valence electrons. The Morgan fingerprint density at radius 3 is 2.39 bits per heavy atom. The number of carbonyl (C=O) groups excluding carboxylic acids is 1. The fourth-order valence-electron chi connectivity index (χ4n) is 2.90. The van der Waals surface area contributed by atoms with E-state index in [0.29, 0.717) is 11.1 Å². The summed E-state index contributed by atoms with van der Waals surface area (Å²) in [5.41, 5.74) is 1.40. The Balaban J connectivity index is 2.44. The third-order valence-corrected chi connectivity index (χ3v) is 4.22. The van der Waals surface area contributed by atoms with Crippen LogP contribution in [0.4, 0.5) is 0 Å². The molecule has 0 N–H and O–H groups in total. The molecule has 1 heterocycles. The topological polar surface area (TPSA) is 75.0 Å². The fourth-order valence-corrected chi connectivity index (χ4v) is 2.90. The zero-order valence-corrected chi connectivity index (χ0v) is 19.5. The molecule has 0 bridgehead atoms. The van der Waals surface area contributed by atoms with Gasteiger partial charge in [-0.25, -0.2) is 4.79 Å². The number of allylic oxidation sites excluding steroid dienone is 3. The van der Waals surface area contributed by atoms with Crippen molar-refractivity contribution < 1.29 is 23.4 Å². The lowest BCUT2D eigenvalue weighted by molar-refractivity contribution is -0.132. The van der Waals surface area contributed by atoms with Gasteiger partial charge < -0.3 is 18.6 Å². The van der Waals surface area contributed by atoms with Crippen molar-refractivity contribution >= 4 is 16.9 Å². The summed E-state index contributed by atoms with van der Waals surface area (Å²) in [6.45, 7) is 13.3. The molecule has 1 aromatic carbocycles. The molecule has 31 heavy (non-hydrogen) atoms. The highest BCUT2D eigenvalue weighted by atomic mass is 16.6. The Morgan fingerprint density at radius 1 is 1.06 bits per heavy atom. The maximum atomic E-state index is 12.6. The fraction of sp³-hybridized carbons (Fsp3) is 0.440. The molecule has 0 saturated carbocycles. The predicted molar refractivity (Wildman–Crippen MR) is 122 cm³/mol. The van der Waals surface area contributed by atoms with Crippen LogP contribution in [0.3, 0.4) is 0 Å². The Kier molecular flexibility index (Phi) is 8.08. The van der Waals surface area contributed by atoms with Crippen LogP contribution >= 0.6 is 0 Å². The van der Waals surface area contributed by atoms with Gasteiger partial charge in [0.1, 0.15) is 12.2 Å². The molecule has 2 aromatic rings. The maximum Gasteiger partial charge on any atom is 0.383 e. The molecule has 6 nitrogen and oxygen atoms in total. The maximum absolute atomic E-state index is 12.6. The number of hydrogen-bond acceptors (Lipinski definition) is 6. The van der Waals surface area contributed by atoms with E-state index in [1.807, 2.05) is 33.8 Å². The van der Waals surface area contributed by atoms with Crippen molar-refractivity contribution in [2.24, 2.45) is 0 Å². The van der Waals surface area contributed by atoms with E-state index in [1.165, 1.54) is 12.5 Å². The van der Waals surface area contributed by atoms with Gasteiger partial charge in [0.2, 0.25) is 0 Å². The Morgan fingerprint density at radius 2 is 1.77 bits per heavy atom. The van der Waals surface area contributed by atoms with Gasteiger partial charge in [-0.3, -0.25) is 4.79 Å². The Hall–Kier alpha value is -3.02. The van der Waals surface area contributed by atoms with Crippen molar-refractivity contribution in [1.82, 2.24) is 0 Å². The average molecular weight is 429 g/mol. The second kappa shape index (κ2) is 10.3. The molecule has 0 atom stereocenters. The quantitative estimate of drug-likeness (QED) is 0.293. The molecular formula is C25H32O6. The van der Waals surface area contributed by atoms with E-state index in [-0.39, 0.29) is 23.7 Å². The van der Waals surface area contributed by atoms with Crippen LogP contribution in [0.25, 0.3) is 11.0 Å². The van der Waals surface area contributed by atoms with Crippen LogP contribution in [-0.4, -0.2) is 18.2 Å². The van der Waals surface area contributed by atoms with Crippen molar-refractivity contribution in [3.8, 4) is 17.2 Å². The molecule has 0 unspecified atom stereocenters. The molecule has 0 aliphatic rings. The van der Waals surface area contributed by atoms with Crippen LogP contribution in [0.5, 0.6) is 17.2 Å². The van der Waals surface area contributed by atoms with Crippen molar-refractivity contribution in [1.29, 1.82) is 0 Å². The van der Waals surface area contributed by atoms with E-state index in [2.05, 4.69) is 19.9 Å². The summed E-state index contributed by atoms with van der Waals surface area (Å²) in [6, 6.07) is 5.23. The molecule has 2 rings (SSSR count). The van der Waals surface area contributed by atoms with Crippen LogP contribution in [0, 0.1) is 0 Å². The minimum absolute atomic E-state index is 0.161. The lowest BCUT2D eigenvalue weighted by Crippen LogP contribution is -2.23. The minimum atomic E-state index is -0.799. The largest absolute Gasteiger partial charge is 0.485 e. The first-order valence-corrected chi connectivity index (χ1v) is 10.4. The zero-order valence-electron chi connectivity index (χ0n) is 19.5. The molecule has 6 heteroatoms. The predicted octanol–water partition coefficient (Wildman–Crippen LogP) is 5.97. The van der Waals surface area contributed by atoms with E-state index in [0.717, 1.165) is 18.4 Å². The third kappa shape index (κ3) is 7.31. The molecule has 1 aromatic heterocycles. The first kappa shape index (κ1) is 24.3. The van der Waals surface area contributed by atoms with E-state index in [1.54, 1.807) is 18.2 Å². The average Bonchev–Trinajstić information content (AvgIpc) is 2.63. The smallest absolute Gasteiger partial charge is 0.383 e. The van der Waals surface area contributed by atoms with Gasteiger partial charge in [0, 0.05) is 6.92 Å². The molecule has 0 fully saturated rings. The standard InChI is InChI=1S/C25H32O6/c1-16(2)10-8-11-17(3)14-15-28-22-19-12-9-13-20(31-25(5,6)7)21(19)30-24(27)23(22)29-18(4)26/h9-10,12-14H,8,11,15H2,1-7H3/b17-14+. The van der Waals surface area contributed by atoms with E-state index < -0.39 is 17.2 Å². The Bertz CT molecular complexity index is 1050. The number of benzene rings is 1. The number of fused-ring (bicyclic) bond motifs is 1. The number of para-hydroxylation sites is 1. The Labute approximate surface area is 183 Å².